The van der Waals surface area contributed by atoms with E-state index in [-0.39, 0.29) is 5.91 Å². The second-order valence-corrected chi connectivity index (χ2v) is 3.79. The number of aryl methyl sites for hydroxylation is 2. The van der Waals surface area contributed by atoms with Gasteiger partial charge in [-0.2, -0.15) is 10.1 Å². The minimum atomic E-state index is -0.192. The fourth-order valence-electron chi connectivity index (χ4n) is 1.48. The van der Waals surface area contributed by atoms with Gasteiger partial charge in [0.15, 0.2) is 5.82 Å². The topological polar surface area (TPSA) is 85.8 Å². The van der Waals surface area contributed by atoms with E-state index in [4.69, 9.17) is 4.52 Å². The highest BCUT2D eigenvalue weighted by Crippen LogP contribution is 1.97. The highest BCUT2D eigenvalue weighted by molar-refractivity contribution is 5.92. The van der Waals surface area contributed by atoms with Crippen LogP contribution in [0, 0.1) is 6.92 Å². The Hall–Kier alpha value is -2.18. The van der Waals surface area contributed by atoms with Crippen molar-refractivity contribution < 1.29 is 9.32 Å². The zero-order valence-corrected chi connectivity index (χ0v) is 10.4. The van der Waals surface area contributed by atoms with Crippen LogP contribution < -0.4 is 5.32 Å². The van der Waals surface area contributed by atoms with Crippen LogP contribution in [0.1, 0.15) is 29.1 Å². The fraction of sp³-hybridized carbons (Fsp3) is 0.455. The Morgan fingerprint density at radius 1 is 1.56 bits per heavy atom. The average Bonchev–Trinajstić information content (AvgIpc) is 2.98. The Kier molecular flexibility index (Phi) is 3.71. The Balaban J connectivity index is 1.81. The molecule has 0 saturated carbocycles. The predicted molar refractivity (Wildman–Crippen MR) is 63.0 cm³/mol. The molecule has 0 aromatic carbocycles. The molecule has 0 radical (unpaired) electrons. The summed E-state index contributed by atoms with van der Waals surface area (Å²) in [7, 11) is 0. The van der Waals surface area contributed by atoms with Gasteiger partial charge < -0.3 is 9.84 Å². The van der Waals surface area contributed by atoms with Gasteiger partial charge >= 0.3 is 0 Å². The number of aromatic nitrogens is 4. The smallest absolute Gasteiger partial charge is 0.271 e. The summed E-state index contributed by atoms with van der Waals surface area (Å²) in [5, 5.41) is 10.6. The van der Waals surface area contributed by atoms with Crippen LogP contribution in [0.2, 0.25) is 0 Å². The fourth-order valence-corrected chi connectivity index (χ4v) is 1.48. The Morgan fingerprint density at radius 2 is 2.39 bits per heavy atom. The Morgan fingerprint density at radius 3 is 3.00 bits per heavy atom. The van der Waals surface area contributed by atoms with Gasteiger partial charge in [-0.25, -0.2) is 0 Å². The largest absolute Gasteiger partial charge is 0.350 e. The van der Waals surface area contributed by atoms with E-state index in [0.717, 1.165) is 6.54 Å². The summed E-state index contributed by atoms with van der Waals surface area (Å²) in [6, 6.07) is 1.69. The first kappa shape index (κ1) is 12.3. The summed E-state index contributed by atoms with van der Waals surface area (Å²) in [6.45, 7) is 4.89. The van der Waals surface area contributed by atoms with Crippen LogP contribution in [0.15, 0.2) is 16.8 Å². The molecule has 2 aromatic rings. The molecule has 0 aliphatic heterocycles. The van der Waals surface area contributed by atoms with Crippen LogP contribution in [0.3, 0.4) is 0 Å². The van der Waals surface area contributed by atoms with Crippen molar-refractivity contribution in [2.24, 2.45) is 0 Å². The van der Waals surface area contributed by atoms with Crippen molar-refractivity contribution in [2.75, 3.05) is 6.54 Å². The maximum atomic E-state index is 11.7. The van der Waals surface area contributed by atoms with Crippen molar-refractivity contribution in [3.8, 4) is 0 Å². The first-order valence-corrected chi connectivity index (χ1v) is 5.80. The number of nitrogens with one attached hydrogen (secondary N) is 1. The molecule has 0 unspecified atom stereocenters. The SMILES string of the molecule is CCn1ccc(C(=O)NCCc2noc(C)n2)n1. The molecule has 2 aromatic heterocycles. The lowest BCUT2D eigenvalue weighted by molar-refractivity contribution is 0.0948. The first-order valence-electron chi connectivity index (χ1n) is 5.80. The van der Waals surface area contributed by atoms with Gasteiger partial charge in [0.05, 0.1) is 0 Å². The van der Waals surface area contributed by atoms with Crippen molar-refractivity contribution in [3.05, 3.63) is 29.7 Å². The van der Waals surface area contributed by atoms with Gasteiger partial charge in [0.25, 0.3) is 5.91 Å². The molecule has 2 rings (SSSR count). The van der Waals surface area contributed by atoms with Crippen LogP contribution in [-0.4, -0.2) is 32.4 Å². The van der Waals surface area contributed by atoms with Crippen molar-refractivity contribution in [3.63, 3.8) is 0 Å². The zero-order valence-electron chi connectivity index (χ0n) is 10.4. The molecule has 0 aliphatic rings. The highest BCUT2D eigenvalue weighted by atomic mass is 16.5. The number of carbonyl (C=O) groups is 1. The Bertz CT molecular complexity index is 531. The molecule has 7 nitrogen and oxygen atoms in total. The van der Waals surface area contributed by atoms with Crippen LogP contribution in [0.25, 0.3) is 0 Å². The van der Waals surface area contributed by atoms with Crippen LogP contribution in [-0.2, 0) is 13.0 Å². The minimum Gasteiger partial charge on any atom is -0.350 e. The van der Waals surface area contributed by atoms with Crippen molar-refractivity contribution in [1.29, 1.82) is 0 Å². The van der Waals surface area contributed by atoms with Crippen molar-refractivity contribution in [2.45, 2.75) is 26.8 Å². The van der Waals surface area contributed by atoms with E-state index < -0.39 is 0 Å². The molecule has 0 spiro atoms. The minimum absolute atomic E-state index is 0.192. The summed E-state index contributed by atoms with van der Waals surface area (Å²) in [5.41, 5.74) is 0.418. The molecular weight excluding hydrogens is 234 g/mol. The monoisotopic (exact) mass is 249 g/mol. The Labute approximate surface area is 104 Å². The quantitative estimate of drug-likeness (QED) is 0.837. The van der Waals surface area contributed by atoms with Crippen LogP contribution >= 0.6 is 0 Å². The summed E-state index contributed by atoms with van der Waals surface area (Å²) in [4.78, 5) is 15.8. The number of nitrogens with zero attached hydrogens (tertiary/aromatic N) is 4. The zero-order chi connectivity index (χ0) is 13.0. The van der Waals surface area contributed by atoms with Gasteiger partial charge in [0.1, 0.15) is 5.69 Å². The molecule has 2 heterocycles. The summed E-state index contributed by atoms with van der Waals surface area (Å²) in [6.07, 6.45) is 2.31. The lowest BCUT2D eigenvalue weighted by atomic mass is 10.3. The van der Waals surface area contributed by atoms with Gasteiger partial charge in [-0.15, -0.1) is 0 Å². The molecule has 0 aliphatic carbocycles. The normalized spacial score (nSPS) is 10.6. The van der Waals surface area contributed by atoms with E-state index in [2.05, 4.69) is 20.6 Å². The molecule has 0 saturated heterocycles. The van der Waals surface area contributed by atoms with E-state index in [0.29, 0.717) is 30.4 Å². The molecular formula is C11H15N5O2. The lowest BCUT2D eigenvalue weighted by Crippen LogP contribution is -2.26. The molecule has 1 N–H and O–H groups in total. The van der Waals surface area contributed by atoms with Gasteiger partial charge in [-0.05, 0) is 13.0 Å². The summed E-state index contributed by atoms with van der Waals surface area (Å²) < 4.78 is 6.54. The second-order valence-electron chi connectivity index (χ2n) is 3.79. The second kappa shape index (κ2) is 5.44. The molecule has 18 heavy (non-hydrogen) atoms. The van der Waals surface area contributed by atoms with E-state index in [9.17, 15) is 4.79 Å². The van der Waals surface area contributed by atoms with Crippen molar-refractivity contribution in [1.82, 2.24) is 25.2 Å². The van der Waals surface area contributed by atoms with Gasteiger partial charge in [-0.3, -0.25) is 9.48 Å². The van der Waals surface area contributed by atoms with Gasteiger partial charge in [-0.1, -0.05) is 5.16 Å². The van der Waals surface area contributed by atoms with E-state index >= 15 is 0 Å². The number of hydrogen-bond acceptors (Lipinski definition) is 5. The molecule has 96 valence electrons. The van der Waals surface area contributed by atoms with E-state index in [1.54, 1.807) is 23.9 Å². The number of amides is 1. The van der Waals surface area contributed by atoms with E-state index in [1.165, 1.54) is 0 Å². The van der Waals surface area contributed by atoms with Crippen molar-refractivity contribution >= 4 is 5.91 Å². The van der Waals surface area contributed by atoms with Gasteiger partial charge in [0, 0.05) is 32.6 Å². The third-order valence-electron chi connectivity index (χ3n) is 2.40. The van der Waals surface area contributed by atoms with Gasteiger partial charge in [0.2, 0.25) is 5.89 Å². The number of rotatable bonds is 5. The lowest BCUT2D eigenvalue weighted by Gasteiger charge is -2.00. The summed E-state index contributed by atoms with van der Waals surface area (Å²) in [5.74, 6) is 0.923. The molecule has 0 fully saturated rings. The van der Waals surface area contributed by atoms with Crippen LogP contribution in [0.5, 0.6) is 0 Å². The molecule has 7 heteroatoms. The number of hydrogen-bond donors (Lipinski definition) is 1. The summed E-state index contributed by atoms with van der Waals surface area (Å²) >= 11 is 0. The standard InChI is InChI=1S/C11H15N5O2/c1-3-16-7-5-9(14-16)11(17)12-6-4-10-13-8(2)18-15-10/h5,7H,3-4,6H2,1-2H3,(H,12,17). The molecule has 1 amide bonds. The third kappa shape index (κ3) is 2.93. The average molecular weight is 249 g/mol. The highest BCUT2D eigenvalue weighted by Gasteiger charge is 2.09. The van der Waals surface area contributed by atoms with E-state index in [1.807, 2.05) is 6.92 Å². The third-order valence-corrected chi connectivity index (χ3v) is 2.40. The maximum Gasteiger partial charge on any atom is 0.271 e. The number of carbonyl (C=O) groups excluding carboxylic acids is 1. The first-order chi connectivity index (χ1) is 8.69. The van der Waals surface area contributed by atoms with Crippen LogP contribution in [0.4, 0.5) is 0 Å². The predicted octanol–water partition coefficient (Wildman–Crippen LogP) is 0.567. The molecule has 0 bridgehead atoms. The molecule has 0 atom stereocenters. The maximum absolute atomic E-state index is 11.7.